The number of thiazole rings is 1. The molecule has 0 amide bonds. The predicted molar refractivity (Wildman–Crippen MR) is 110 cm³/mol. The number of aromatic nitrogens is 3. The van der Waals surface area contributed by atoms with Gasteiger partial charge in [-0.05, 0) is 20.9 Å². The zero-order valence-corrected chi connectivity index (χ0v) is 17.4. The van der Waals surface area contributed by atoms with Crippen LogP contribution in [0.2, 0.25) is 0 Å². The molecule has 1 saturated heterocycles. The molecule has 0 saturated carbocycles. The molecule has 1 atom stereocenters. The van der Waals surface area contributed by atoms with E-state index in [-0.39, 0.29) is 18.4 Å². The quantitative estimate of drug-likeness (QED) is 0.717. The fourth-order valence-electron chi connectivity index (χ4n) is 3.23. The summed E-state index contributed by atoms with van der Waals surface area (Å²) in [6, 6.07) is 8.64. The molecule has 3 heterocycles. The van der Waals surface area contributed by atoms with Gasteiger partial charge in [-0.2, -0.15) is 4.98 Å². The van der Waals surface area contributed by atoms with E-state index in [9.17, 15) is 0 Å². The topological polar surface area (TPSA) is 67.1 Å². The van der Waals surface area contributed by atoms with Crippen molar-refractivity contribution in [1.29, 1.82) is 0 Å². The van der Waals surface area contributed by atoms with Gasteiger partial charge in [0.05, 0.1) is 23.2 Å². The van der Waals surface area contributed by atoms with Crippen LogP contribution >= 0.6 is 23.7 Å². The summed E-state index contributed by atoms with van der Waals surface area (Å²) >= 11 is 1.69. The number of nitrogens with one attached hydrogen (secondary N) is 1. The Labute approximate surface area is 169 Å². The van der Waals surface area contributed by atoms with E-state index in [2.05, 4.69) is 58.6 Å². The summed E-state index contributed by atoms with van der Waals surface area (Å²) in [6.45, 7) is 6.96. The Hall–Kier alpha value is -1.80. The monoisotopic (exact) mass is 405 g/mol. The highest BCUT2D eigenvalue weighted by Crippen LogP contribution is 2.30. The maximum absolute atomic E-state index is 5.55. The SMILES string of the molecule is Cc1ccc(-c2nc(C)sc2Cc2nc(C3CNCCN3C)no2)cc1.Cl. The van der Waals surface area contributed by atoms with Crippen molar-refractivity contribution < 1.29 is 4.52 Å². The van der Waals surface area contributed by atoms with Crippen LogP contribution in [-0.2, 0) is 6.42 Å². The van der Waals surface area contributed by atoms with Gasteiger partial charge in [-0.1, -0.05) is 35.0 Å². The molecule has 0 radical (unpaired) electrons. The van der Waals surface area contributed by atoms with Crippen LogP contribution in [0.4, 0.5) is 0 Å². The Kier molecular flexibility index (Phi) is 6.26. The van der Waals surface area contributed by atoms with Gasteiger partial charge in [-0.3, -0.25) is 4.90 Å². The molecule has 1 unspecified atom stereocenters. The summed E-state index contributed by atoms with van der Waals surface area (Å²) in [5.41, 5.74) is 3.39. The standard InChI is InChI=1S/C19H23N5OS.ClH/c1-12-4-6-14(7-5-12)18-16(26-13(2)21-18)10-17-22-19(23-25-17)15-11-20-8-9-24(15)3;/h4-7,15,20H,8-11H2,1-3H3;1H. The van der Waals surface area contributed by atoms with Crippen LogP contribution < -0.4 is 5.32 Å². The minimum atomic E-state index is 0. The maximum atomic E-state index is 5.55. The third-order valence-corrected chi connectivity index (χ3v) is 5.70. The van der Waals surface area contributed by atoms with E-state index in [1.807, 2.05) is 6.92 Å². The van der Waals surface area contributed by atoms with Crippen molar-refractivity contribution in [3.05, 3.63) is 51.4 Å². The van der Waals surface area contributed by atoms with Gasteiger partial charge in [0.15, 0.2) is 5.82 Å². The summed E-state index contributed by atoms with van der Waals surface area (Å²) < 4.78 is 5.55. The Bertz CT molecular complexity index is 892. The van der Waals surface area contributed by atoms with Crippen LogP contribution in [0.1, 0.15) is 33.2 Å². The van der Waals surface area contributed by atoms with Crippen molar-refractivity contribution in [2.75, 3.05) is 26.7 Å². The first-order valence-corrected chi connectivity index (χ1v) is 9.68. The molecule has 1 aromatic carbocycles. The summed E-state index contributed by atoms with van der Waals surface area (Å²) in [5, 5.41) is 8.66. The second-order valence-corrected chi connectivity index (χ2v) is 8.08. The van der Waals surface area contributed by atoms with Gasteiger partial charge in [0, 0.05) is 30.1 Å². The van der Waals surface area contributed by atoms with Gasteiger partial charge in [-0.15, -0.1) is 23.7 Å². The van der Waals surface area contributed by atoms with Crippen molar-refractivity contribution >= 4 is 23.7 Å². The van der Waals surface area contributed by atoms with E-state index in [0.29, 0.717) is 12.3 Å². The van der Waals surface area contributed by atoms with Crippen molar-refractivity contribution in [2.45, 2.75) is 26.3 Å². The molecule has 0 aliphatic carbocycles. The molecular formula is C19H24ClN5OS. The molecule has 3 aromatic rings. The molecule has 144 valence electrons. The summed E-state index contributed by atoms with van der Waals surface area (Å²) in [5.74, 6) is 1.41. The van der Waals surface area contributed by atoms with Crippen LogP contribution in [0.15, 0.2) is 28.8 Å². The van der Waals surface area contributed by atoms with Crippen LogP contribution in [-0.4, -0.2) is 46.7 Å². The highest BCUT2D eigenvalue weighted by Gasteiger charge is 2.25. The first kappa shape index (κ1) is 19.9. The Balaban J connectivity index is 0.00000210. The van der Waals surface area contributed by atoms with E-state index in [1.165, 1.54) is 5.56 Å². The smallest absolute Gasteiger partial charge is 0.232 e. The first-order valence-electron chi connectivity index (χ1n) is 8.87. The summed E-state index contributed by atoms with van der Waals surface area (Å²) in [4.78, 5) is 12.8. The highest BCUT2D eigenvalue weighted by atomic mass is 35.5. The lowest BCUT2D eigenvalue weighted by molar-refractivity contribution is 0.190. The van der Waals surface area contributed by atoms with Gasteiger partial charge in [0.2, 0.25) is 5.89 Å². The van der Waals surface area contributed by atoms with Gasteiger partial charge in [0.25, 0.3) is 0 Å². The van der Waals surface area contributed by atoms with Gasteiger partial charge in [-0.25, -0.2) is 4.98 Å². The molecule has 1 N–H and O–H groups in total. The highest BCUT2D eigenvalue weighted by molar-refractivity contribution is 7.12. The van der Waals surface area contributed by atoms with Gasteiger partial charge in [0.1, 0.15) is 0 Å². The number of rotatable bonds is 4. The fraction of sp³-hybridized carbons (Fsp3) is 0.421. The number of aryl methyl sites for hydroxylation is 2. The Morgan fingerprint density at radius 3 is 2.74 bits per heavy atom. The molecule has 1 fully saturated rings. The minimum Gasteiger partial charge on any atom is -0.339 e. The number of piperazine rings is 1. The maximum Gasteiger partial charge on any atom is 0.232 e. The zero-order chi connectivity index (χ0) is 18.1. The average Bonchev–Trinajstić information content (AvgIpc) is 3.23. The van der Waals surface area contributed by atoms with Gasteiger partial charge < -0.3 is 9.84 Å². The molecule has 27 heavy (non-hydrogen) atoms. The van der Waals surface area contributed by atoms with Crippen LogP contribution in [0, 0.1) is 13.8 Å². The van der Waals surface area contributed by atoms with Gasteiger partial charge >= 0.3 is 0 Å². The Morgan fingerprint density at radius 1 is 1.22 bits per heavy atom. The van der Waals surface area contributed by atoms with Crippen molar-refractivity contribution in [3.63, 3.8) is 0 Å². The van der Waals surface area contributed by atoms with E-state index >= 15 is 0 Å². The Morgan fingerprint density at radius 2 is 2.00 bits per heavy atom. The molecule has 0 bridgehead atoms. The molecule has 0 spiro atoms. The molecule has 6 nitrogen and oxygen atoms in total. The normalized spacial score (nSPS) is 17.7. The molecular weight excluding hydrogens is 382 g/mol. The second-order valence-electron chi connectivity index (χ2n) is 6.79. The number of nitrogens with zero attached hydrogens (tertiary/aromatic N) is 4. The lowest BCUT2D eigenvalue weighted by Gasteiger charge is -2.30. The lowest BCUT2D eigenvalue weighted by atomic mass is 10.1. The van der Waals surface area contributed by atoms with Crippen LogP contribution in [0.25, 0.3) is 11.3 Å². The van der Waals surface area contributed by atoms with Crippen LogP contribution in [0.5, 0.6) is 0 Å². The molecule has 2 aromatic heterocycles. The molecule has 1 aliphatic rings. The molecule has 1 aliphatic heterocycles. The third kappa shape index (κ3) is 4.38. The largest absolute Gasteiger partial charge is 0.339 e. The van der Waals surface area contributed by atoms with E-state index in [0.717, 1.165) is 46.6 Å². The van der Waals surface area contributed by atoms with Crippen molar-refractivity contribution in [2.24, 2.45) is 0 Å². The second kappa shape index (κ2) is 8.48. The van der Waals surface area contributed by atoms with E-state index in [4.69, 9.17) is 9.51 Å². The minimum absolute atomic E-state index is 0. The lowest BCUT2D eigenvalue weighted by Crippen LogP contribution is -2.44. The molecule has 8 heteroatoms. The van der Waals surface area contributed by atoms with E-state index < -0.39 is 0 Å². The summed E-state index contributed by atoms with van der Waals surface area (Å²) in [6.07, 6.45) is 0.617. The van der Waals surface area contributed by atoms with Crippen LogP contribution in [0.3, 0.4) is 0 Å². The molecule has 4 rings (SSSR count). The zero-order valence-electron chi connectivity index (χ0n) is 15.7. The number of benzene rings is 1. The number of hydrogen-bond acceptors (Lipinski definition) is 7. The number of hydrogen-bond donors (Lipinski definition) is 1. The van der Waals surface area contributed by atoms with E-state index in [1.54, 1.807) is 11.3 Å². The summed E-state index contributed by atoms with van der Waals surface area (Å²) in [7, 11) is 2.10. The van der Waals surface area contributed by atoms with Crippen molar-refractivity contribution in [3.8, 4) is 11.3 Å². The fourth-order valence-corrected chi connectivity index (χ4v) is 4.18. The number of likely N-dealkylation sites (N-methyl/N-ethyl adjacent to an activating group) is 1. The first-order chi connectivity index (χ1) is 12.6. The predicted octanol–water partition coefficient (Wildman–Crippen LogP) is 3.40. The third-order valence-electron chi connectivity index (χ3n) is 4.73. The average molecular weight is 406 g/mol. The van der Waals surface area contributed by atoms with Crippen molar-refractivity contribution in [1.82, 2.24) is 25.3 Å². The number of halogens is 1.